The van der Waals surface area contributed by atoms with Gasteiger partial charge in [0.25, 0.3) is 10.2 Å². The number of carbonyl (C=O) groups is 1. The number of likely N-dealkylation sites (N-methyl/N-ethyl adjacent to an activating group) is 1. The van der Waals surface area contributed by atoms with Gasteiger partial charge in [-0.2, -0.15) is 17.0 Å². The Morgan fingerprint density at radius 3 is 2.22 bits per heavy atom. The van der Waals surface area contributed by atoms with Crippen LogP contribution in [-0.4, -0.2) is 66.5 Å². The molecule has 0 radical (unpaired) electrons. The molecule has 18 heavy (non-hydrogen) atoms. The third-order valence-corrected chi connectivity index (χ3v) is 4.97. The maximum atomic E-state index is 12.3. The molecular formula is C10H20N2O5S. The fourth-order valence-corrected chi connectivity index (χ4v) is 3.51. The number of hydrogen-bond acceptors (Lipinski definition) is 4. The molecule has 1 fully saturated rings. The summed E-state index contributed by atoms with van der Waals surface area (Å²) in [6.45, 7) is 5.40. The SMILES string of the molecule is CC1CN(S(=O)(=O)N(C)C(C)C(=O)O)CC(C)O1. The van der Waals surface area contributed by atoms with Crippen LogP contribution in [0.15, 0.2) is 0 Å². The molecule has 106 valence electrons. The van der Waals surface area contributed by atoms with Gasteiger partial charge in [0.05, 0.1) is 12.2 Å². The molecule has 1 saturated heterocycles. The Hall–Kier alpha value is -0.700. The Morgan fingerprint density at radius 2 is 1.83 bits per heavy atom. The molecule has 1 N–H and O–H groups in total. The first-order valence-corrected chi connectivity index (χ1v) is 7.17. The lowest BCUT2D eigenvalue weighted by atomic mass is 10.3. The average molecular weight is 280 g/mol. The quantitative estimate of drug-likeness (QED) is 0.767. The summed E-state index contributed by atoms with van der Waals surface area (Å²) in [7, 11) is -2.49. The Labute approximate surface area is 108 Å². The van der Waals surface area contributed by atoms with E-state index in [2.05, 4.69) is 0 Å². The zero-order valence-electron chi connectivity index (χ0n) is 11.0. The number of aliphatic carboxylic acids is 1. The topological polar surface area (TPSA) is 87.2 Å². The zero-order valence-corrected chi connectivity index (χ0v) is 11.8. The molecule has 0 spiro atoms. The van der Waals surface area contributed by atoms with Crippen molar-refractivity contribution in [3.8, 4) is 0 Å². The Bertz CT molecular complexity index is 400. The van der Waals surface area contributed by atoms with E-state index < -0.39 is 22.2 Å². The summed E-state index contributed by atoms with van der Waals surface area (Å²) < 4.78 is 32.1. The molecule has 8 heteroatoms. The lowest BCUT2D eigenvalue weighted by Crippen LogP contribution is -2.54. The van der Waals surface area contributed by atoms with E-state index in [4.69, 9.17) is 9.84 Å². The number of morpholine rings is 1. The van der Waals surface area contributed by atoms with Crippen molar-refractivity contribution in [2.75, 3.05) is 20.1 Å². The first kappa shape index (κ1) is 15.4. The molecule has 3 unspecified atom stereocenters. The van der Waals surface area contributed by atoms with Crippen molar-refractivity contribution in [1.29, 1.82) is 0 Å². The van der Waals surface area contributed by atoms with E-state index in [9.17, 15) is 13.2 Å². The third-order valence-electron chi connectivity index (χ3n) is 2.98. The average Bonchev–Trinajstić information content (AvgIpc) is 2.25. The van der Waals surface area contributed by atoms with Crippen molar-refractivity contribution >= 4 is 16.2 Å². The van der Waals surface area contributed by atoms with Crippen molar-refractivity contribution < 1.29 is 23.1 Å². The van der Waals surface area contributed by atoms with E-state index in [0.29, 0.717) is 0 Å². The van der Waals surface area contributed by atoms with Gasteiger partial charge in [-0.05, 0) is 20.8 Å². The molecular weight excluding hydrogens is 260 g/mol. The minimum atomic E-state index is -3.77. The molecule has 1 aliphatic rings. The van der Waals surface area contributed by atoms with Gasteiger partial charge in [0, 0.05) is 20.1 Å². The number of hydrogen-bond donors (Lipinski definition) is 1. The number of rotatable bonds is 4. The van der Waals surface area contributed by atoms with Crippen molar-refractivity contribution in [1.82, 2.24) is 8.61 Å². The van der Waals surface area contributed by atoms with Gasteiger partial charge in [-0.1, -0.05) is 0 Å². The number of ether oxygens (including phenoxy) is 1. The molecule has 1 heterocycles. The predicted molar refractivity (Wildman–Crippen MR) is 65.4 cm³/mol. The van der Waals surface area contributed by atoms with Crippen LogP contribution in [0.2, 0.25) is 0 Å². The summed E-state index contributed by atoms with van der Waals surface area (Å²) in [5.74, 6) is -1.17. The van der Waals surface area contributed by atoms with E-state index in [0.717, 1.165) is 4.31 Å². The Morgan fingerprint density at radius 1 is 1.39 bits per heavy atom. The zero-order chi connectivity index (χ0) is 14.1. The van der Waals surface area contributed by atoms with Gasteiger partial charge in [0.2, 0.25) is 0 Å². The predicted octanol–water partition coefficient (Wildman–Crippen LogP) is -0.255. The van der Waals surface area contributed by atoms with Crippen LogP contribution in [0.5, 0.6) is 0 Å². The lowest BCUT2D eigenvalue weighted by molar-refractivity contribution is -0.140. The van der Waals surface area contributed by atoms with E-state index in [-0.39, 0.29) is 25.3 Å². The molecule has 0 bridgehead atoms. The Kier molecular flexibility index (Phi) is 4.71. The van der Waals surface area contributed by atoms with Gasteiger partial charge in [0.15, 0.2) is 0 Å². The summed E-state index contributed by atoms with van der Waals surface area (Å²) in [5.41, 5.74) is 0. The second-order valence-corrected chi connectivity index (χ2v) is 6.60. The fourth-order valence-electron chi connectivity index (χ4n) is 1.86. The molecule has 0 aromatic rings. The highest BCUT2D eigenvalue weighted by atomic mass is 32.2. The van der Waals surface area contributed by atoms with Crippen LogP contribution in [0.1, 0.15) is 20.8 Å². The molecule has 1 rings (SSSR count). The molecule has 0 aliphatic carbocycles. The largest absolute Gasteiger partial charge is 0.480 e. The van der Waals surface area contributed by atoms with E-state index >= 15 is 0 Å². The maximum Gasteiger partial charge on any atom is 0.321 e. The van der Waals surface area contributed by atoms with Gasteiger partial charge in [-0.25, -0.2) is 0 Å². The van der Waals surface area contributed by atoms with Crippen LogP contribution in [0.25, 0.3) is 0 Å². The minimum Gasteiger partial charge on any atom is -0.480 e. The van der Waals surface area contributed by atoms with Crippen LogP contribution in [-0.2, 0) is 19.7 Å². The summed E-state index contributed by atoms with van der Waals surface area (Å²) >= 11 is 0. The first-order chi connectivity index (χ1) is 8.16. The monoisotopic (exact) mass is 280 g/mol. The fraction of sp³-hybridized carbons (Fsp3) is 0.900. The molecule has 0 saturated carbocycles. The van der Waals surface area contributed by atoms with Crippen LogP contribution in [0.3, 0.4) is 0 Å². The van der Waals surface area contributed by atoms with Crippen molar-refractivity contribution in [3.63, 3.8) is 0 Å². The van der Waals surface area contributed by atoms with Gasteiger partial charge in [0.1, 0.15) is 6.04 Å². The molecule has 7 nitrogen and oxygen atoms in total. The van der Waals surface area contributed by atoms with E-state index in [1.807, 2.05) is 0 Å². The molecule has 1 aliphatic heterocycles. The van der Waals surface area contributed by atoms with Gasteiger partial charge in [-0.3, -0.25) is 4.79 Å². The standard InChI is InChI=1S/C10H20N2O5S/c1-7-5-12(6-8(2)17-7)18(15,16)11(4)9(3)10(13)14/h7-9H,5-6H2,1-4H3,(H,13,14). The normalized spacial score (nSPS) is 28.3. The second-order valence-electron chi connectivity index (χ2n) is 4.61. The van der Waals surface area contributed by atoms with Crippen LogP contribution >= 0.6 is 0 Å². The van der Waals surface area contributed by atoms with Gasteiger partial charge in [-0.15, -0.1) is 0 Å². The molecule has 0 aromatic heterocycles. The van der Waals surface area contributed by atoms with Crippen LogP contribution in [0.4, 0.5) is 0 Å². The Balaban J connectivity index is 2.89. The summed E-state index contributed by atoms with van der Waals surface area (Å²) in [6.07, 6.45) is -0.394. The van der Waals surface area contributed by atoms with Gasteiger partial charge >= 0.3 is 5.97 Å². The number of carboxylic acid groups (broad SMARTS) is 1. The van der Waals surface area contributed by atoms with Gasteiger partial charge < -0.3 is 9.84 Å². The van der Waals surface area contributed by atoms with E-state index in [1.54, 1.807) is 13.8 Å². The van der Waals surface area contributed by atoms with Crippen LogP contribution < -0.4 is 0 Å². The van der Waals surface area contributed by atoms with Crippen LogP contribution in [0, 0.1) is 0 Å². The number of carboxylic acids is 1. The number of nitrogens with zero attached hydrogens (tertiary/aromatic N) is 2. The van der Waals surface area contributed by atoms with E-state index in [1.165, 1.54) is 18.3 Å². The van der Waals surface area contributed by atoms with Crippen molar-refractivity contribution in [2.24, 2.45) is 0 Å². The summed E-state index contributed by atoms with van der Waals surface area (Å²) in [5, 5.41) is 8.87. The van der Waals surface area contributed by atoms with Crippen molar-refractivity contribution in [3.05, 3.63) is 0 Å². The first-order valence-electron chi connectivity index (χ1n) is 5.77. The minimum absolute atomic E-state index is 0.197. The highest BCUT2D eigenvalue weighted by molar-refractivity contribution is 7.86. The third kappa shape index (κ3) is 3.19. The molecule has 0 amide bonds. The second kappa shape index (κ2) is 5.52. The summed E-state index contributed by atoms with van der Waals surface area (Å²) in [6, 6.07) is -1.09. The molecule has 0 aromatic carbocycles. The van der Waals surface area contributed by atoms with Crippen molar-refractivity contribution in [2.45, 2.75) is 39.0 Å². The summed E-state index contributed by atoms with van der Waals surface area (Å²) in [4.78, 5) is 10.8. The smallest absolute Gasteiger partial charge is 0.321 e. The highest BCUT2D eigenvalue weighted by Gasteiger charge is 2.37. The lowest BCUT2D eigenvalue weighted by Gasteiger charge is -2.37. The highest BCUT2D eigenvalue weighted by Crippen LogP contribution is 2.18. The molecule has 3 atom stereocenters. The maximum absolute atomic E-state index is 12.3.